The molecule has 0 spiro atoms. The molecule has 0 radical (unpaired) electrons. The number of urea groups is 1. The molecule has 1 aliphatic rings. The molecule has 0 saturated heterocycles. The van der Waals surface area contributed by atoms with Gasteiger partial charge in [-0.3, -0.25) is 10.1 Å². The van der Waals surface area contributed by atoms with Crippen molar-refractivity contribution in [2.75, 3.05) is 13.1 Å². The van der Waals surface area contributed by atoms with Crippen LogP contribution in [0.3, 0.4) is 0 Å². The van der Waals surface area contributed by atoms with E-state index in [1.165, 1.54) is 0 Å². The van der Waals surface area contributed by atoms with Gasteiger partial charge in [-0.15, -0.1) is 0 Å². The van der Waals surface area contributed by atoms with Gasteiger partial charge in [0.15, 0.2) is 0 Å². The van der Waals surface area contributed by atoms with Crippen LogP contribution in [-0.2, 0) is 4.79 Å². The quantitative estimate of drug-likeness (QED) is 0.586. The molecule has 1 rings (SSSR count). The summed E-state index contributed by atoms with van der Waals surface area (Å²) in [5, 5.41) is 18.0. The van der Waals surface area contributed by atoms with Gasteiger partial charge in [0.05, 0.1) is 11.6 Å². The maximum Gasteiger partial charge on any atom is 0.321 e. The Morgan fingerprint density at radius 1 is 1.26 bits per heavy atom. The van der Waals surface area contributed by atoms with Crippen LogP contribution in [0.15, 0.2) is 0 Å². The van der Waals surface area contributed by atoms with Crippen LogP contribution in [0.2, 0.25) is 0 Å². The standard InChI is InChI=1S/C13H25N3O3/c1-3-14-12(18)16-11(17)10(2)15-9-13(19)7-5-4-6-8-13/h10,15,19H,3-9H2,1-2H3,(H2,14,16,17,18). The highest BCUT2D eigenvalue weighted by molar-refractivity contribution is 5.96. The highest BCUT2D eigenvalue weighted by Crippen LogP contribution is 2.27. The number of hydrogen-bond donors (Lipinski definition) is 4. The minimum Gasteiger partial charge on any atom is -0.389 e. The fourth-order valence-corrected chi connectivity index (χ4v) is 2.25. The summed E-state index contributed by atoms with van der Waals surface area (Å²) in [4.78, 5) is 22.9. The molecule has 1 saturated carbocycles. The Bertz CT molecular complexity index is 314. The number of rotatable bonds is 5. The SMILES string of the molecule is CCNC(=O)NC(=O)C(C)NCC1(O)CCCCC1. The predicted octanol–water partition coefficient (Wildman–Crippen LogP) is 0.505. The first-order valence-corrected chi connectivity index (χ1v) is 7.01. The zero-order valence-electron chi connectivity index (χ0n) is 11.8. The molecule has 1 unspecified atom stereocenters. The molecule has 1 fully saturated rings. The minimum atomic E-state index is -0.710. The highest BCUT2D eigenvalue weighted by atomic mass is 16.3. The summed E-state index contributed by atoms with van der Waals surface area (Å²) in [6, 6.07) is -0.994. The van der Waals surface area contributed by atoms with E-state index in [9.17, 15) is 14.7 Å². The van der Waals surface area contributed by atoms with Crippen LogP contribution < -0.4 is 16.0 Å². The van der Waals surface area contributed by atoms with Gasteiger partial charge in [-0.25, -0.2) is 4.79 Å². The van der Waals surface area contributed by atoms with Crippen molar-refractivity contribution in [1.29, 1.82) is 0 Å². The molecule has 19 heavy (non-hydrogen) atoms. The Kier molecular flexibility index (Phi) is 6.24. The monoisotopic (exact) mass is 271 g/mol. The number of carbonyl (C=O) groups excluding carboxylic acids is 2. The summed E-state index contributed by atoms with van der Waals surface area (Å²) >= 11 is 0. The second-order valence-electron chi connectivity index (χ2n) is 5.24. The summed E-state index contributed by atoms with van der Waals surface area (Å²) in [5.74, 6) is -0.384. The van der Waals surface area contributed by atoms with E-state index in [0.29, 0.717) is 13.1 Å². The van der Waals surface area contributed by atoms with Crippen molar-refractivity contribution in [1.82, 2.24) is 16.0 Å². The average molecular weight is 271 g/mol. The normalized spacial score (nSPS) is 19.5. The lowest BCUT2D eigenvalue weighted by Gasteiger charge is -2.33. The van der Waals surface area contributed by atoms with Gasteiger partial charge in [-0.05, 0) is 26.7 Å². The van der Waals surface area contributed by atoms with Crippen LogP contribution in [0.5, 0.6) is 0 Å². The van der Waals surface area contributed by atoms with Crippen molar-refractivity contribution >= 4 is 11.9 Å². The van der Waals surface area contributed by atoms with Crippen molar-refractivity contribution in [3.05, 3.63) is 0 Å². The van der Waals surface area contributed by atoms with Gasteiger partial charge in [0.2, 0.25) is 5.91 Å². The molecule has 3 amide bonds. The Balaban J connectivity index is 2.31. The van der Waals surface area contributed by atoms with Crippen LogP contribution in [0, 0.1) is 0 Å². The Labute approximate surface area is 114 Å². The van der Waals surface area contributed by atoms with E-state index in [0.717, 1.165) is 32.1 Å². The van der Waals surface area contributed by atoms with E-state index >= 15 is 0 Å². The molecule has 0 bridgehead atoms. The van der Waals surface area contributed by atoms with Crippen molar-refractivity contribution in [3.8, 4) is 0 Å². The van der Waals surface area contributed by atoms with E-state index < -0.39 is 17.7 Å². The lowest BCUT2D eigenvalue weighted by atomic mass is 9.85. The molecule has 1 aliphatic carbocycles. The molecule has 1 atom stereocenters. The summed E-state index contributed by atoms with van der Waals surface area (Å²) in [6.07, 6.45) is 4.75. The number of aliphatic hydroxyl groups is 1. The van der Waals surface area contributed by atoms with Gasteiger partial charge in [0.25, 0.3) is 0 Å². The molecule has 0 aromatic carbocycles. The first-order chi connectivity index (χ1) is 8.97. The Morgan fingerprint density at radius 2 is 1.89 bits per heavy atom. The lowest BCUT2D eigenvalue weighted by Crippen LogP contribution is -2.52. The van der Waals surface area contributed by atoms with E-state index in [1.54, 1.807) is 13.8 Å². The summed E-state index contributed by atoms with van der Waals surface area (Å²) in [6.45, 7) is 4.32. The molecule has 0 aromatic heterocycles. The molecule has 0 heterocycles. The highest BCUT2D eigenvalue weighted by Gasteiger charge is 2.30. The first-order valence-electron chi connectivity index (χ1n) is 7.01. The first kappa shape index (κ1) is 15.9. The van der Waals surface area contributed by atoms with Gasteiger partial charge in [-0.1, -0.05) is 19.3 Å². The number of nitrogens with one attached hydrogen (secondary N) is 3. The van der Waals surface area contributed by atoms with E-state index in [2.05, 4.69) is 16.0 Å². The average Bonchev–Trinajstić information content (AvgIpc) is 2.37. The second kappa shape index (κ2) is 7.45. The van der Waals surface area contributed by atoms with Gasteiger partial charge in [0, 0.05) is 13.1 Å². The zero-order chi connectivity index (χ0) is 14.3. The van der Waals surface area contributed by atoms with Crippen molar-refractivity contribution in [2.45, 2.75) is 57.6 Å². The molecule has 0 aromatic rings. The maximum absolute atomic E-state index is 11.7. The van der Waals surface area contributed by atoms with E-state index in [1.807, 2.05) is 0 Å². The largest absolute Gasteiger partial charge is 0.389 e. The third-order valence-electron chi connectivity index (χ3n) is 3.49. The van der Waals surface area contributed by atoms with Crippen LogP contribution in [0.1, 0.15) is 46.0 Å². The number of carbonyl (C=O) groups is 2. The van der Waals surface area contributed by atoms with Gasteiger partial charge in [-0.2, -0.15) is 0 Å². The van der Waals surface area contributed by atoms with Crippen LogP contribution in [0.25, 0.3) is 0 Å². The third-order valence-corrected chi connectivity index (χ3v) is 3.49. The number of imide groups is 1. The lowest BCUT2D eigenvalue weighted by molar-refractivity contribution is -0.122. The maximum atomic E-state index is 11.7. The minimum absolute atomic E-state index is 0.384. The molecular weight excluding hydrogens is 246 g/mol. The number of amides is 3. The summed E-state index contributed by atoms with van der Waals surface area (Å²) < 4.78 is 0. The second-order valence-corrected chi connectivity index (χ2v) is 5.24. The predicted molar refractivity (Wildman–Crippen MR) is 72.7 cm³/mol. The third kappa shape index (κ3) is 5.57. The molecule has 6 nitrogen and oxygen atoms in total. The summed E-state index contributed by atoms with van der Waals surface area (Å²) in [5.41, 5.74) is -0.710. The van der Waals surface area contributed by atoms with E-state index in [4.69, 9.17) is 0 Å². The zero-order valence-corrected chi connectivity index (χ0v) is 11.8. The van der Waals surface area contributed by atoms with Gasteiger partial charge >= 0.3 is 6.03 Å². The summed E-state index contributed by atoms with van der Waals surface area (Å²) in [7, 11) is 0. The van der Waals surface area contributed by atoms with Crippen molar-refractivity contribution in [3.63, 3.8) is 0 Å². The van der Waals surface area contributed by atoms with E-state index in [-0.39, 0.29) is 5.91 Å². The van der Waals surface area contributed by atoms with Gasteiger partial charge in [0.1, 0.15) is 0 Å². The molecule has 6 heteroatoms. The molecule has 0 aliphatic heterocycles. The number of hydrogen-bond acceptors (Lipinski definition) is 4. The Morgan fingerprint density at radius 3 is 2.47 bits per heavy atom. The van der Waals surface area contributed by atoms with Crippen LogP contribution in [0.4, 0.5) is 4.79 Å². The van der Waals surface area contributed by atoms with Crippen molar-refractivity contribution in [2.24, 2.45) is 0 Å². The fourth-order valence-electron chi connectivity index (χ4n) is 2.25. The molecular formula is C13H25N3O3. The molecule has 110 valence electrons. The Hall–Kier alpha value is -1.14. The topological polar surface area (TPSA) is 90.5 Å². The van der Waals surface area contributed by atoms with Crippen molar-refractivity contribution < 1.29 is 14.7 Å². The molecule has 4 N–H and O–H groups in total. The van der Waals surface area contributed by atoms with Crippen LogP contribution in [-0.4, -0.2) is 41.8 Å². The van der Waals surface area contributed by atoms with Gasteiger partial charge < -0.3 is 15.7 Å². The fraction of sp³-hybridized carbons (Fsp3) is 0.846. The van der Waals surface area contributed by atoms with Crippen LogP contribution >= 0.6 is 0 Å². The smallest absolute Gasteiger partial charge is 0.321 e.